The highest BCUT2D eigenvalue weighted by Gasteiger charge is 2.40. The number of carbonyl (C=O) groups is 3. The lowest BCUT2D eigenvalue weighted by Crippen LogP contribution is -2.58. The lowest BCUT2D eigenvalue weighted by molar-refractivity contribution is -0.132. The molecule has 0 bridgehead atoms. The number of benzene rings is 2. The zero-order valence-electron chi connectivity index (χ0n) is 18.3. The minimum Gasteiger partial charge on any atom is -0.493 e. The number of ether oxygens (including phenoxy) is 2. The maximum atomic E-state index is 13.1. The van der Waals surface area contributed by atoms with E-state index in [2.05, 4.69) is 5.32 Å². The number of nitrogens with zero attached hydrogens (tertiary/aromatic N) is 1. The SMILES string of the molecule is COc1cc(/C=C2/C(=O)NC(=O)N(C3CCCCC3)C2=O)ccc1OCc1ccc(Cl)cc1. The summed E-state index contributed by atoms with van der Waals surface area (Å²) in [7, 11) is 1.52. The van der Waals surface area contributed by atoms with Crippen LogP contribution in [0.3, 0.4) is 0 Å². The average Bonchev–Trinajstić information content (AvgIpc) is 2.82. The molecule has 4 amide bonds. The second-order valence-electron chi connectivity index (χ2n) is 8.11. The Morgan fingerprint density at radius 1 is 1.03 bits per heavy atom. The van der Waals surface area contributed by atoms with Gasteiger partial charge in [-0.2, -0.15) is 0 Å². The second-order valence-corrected chi connectivity index (χ2v) is 8.55. The number of amides is 4. The first kappa shape index (κ1) is 22.9. The first-order valence-electron chi connectivity index (χ1n) is 10.9. The third-order valence-corrected chi connectivity index (χ3v) is 6.13. The average molecular weight is 469 g/mol. The molecule has 0 aromatic heterocycles. The lowest BCUT2D eigenvalue weighted by Gasteiger charge is -2.35. The fourth-order valence-corrected chi connectivity index (χ4v) is 4.27. The molecule has 1 heterocycles. The van der Waals surface area contributed by atoms with Gasteiger partial charge in [0.05, 0.1) is 7.11 Å². The minimum absolute atomic E-state index is 0.0722. The summed E-state index contributed by atoms with van der Waals surface area (Å²) in [5, 5.41) is 2.96. The van der Waals surface area contributed by atoms with Crippen LogP contribution in [0.25, 0.3) is 6.08 Å². The molecule has 1 N–H and O–H groups in total. The van der Waals surface area contributed by atoms with Gasteiger partial charge in [0, 0.05) is 11.1 Å². The van der Waals surface area contributed by atoms with Gasteiger partial charge in [0.25, 0.3) is 11.8 Å². The Bertz CT molecular complexity index is 1090. The molecule has 33 heavy (non-hydrogen) atoms. The van der Waals surface area contributed by atoms with E-state index in [4.69, 9.17) is 21.1 Å². The highest BCUT2D eigenvalue weighted by molar-refractivity contribution is 6.31. The fourth-order valence-electron chi connectivity index (χ4n) is 4.14. The summed E-state index contributed by atoms with van der Waals surface area (Å²) in [6.45, 7) is 0.327. The Hall–Kier alpha value is -3.32. The topological polar surface area (TPSA) is 84.9 Å². The molecular weight excluding hydrogens is 444 g/mol. The Morgan fingerprint density at radius 3 is 2.45 bits per heavy atom. The molecule has 2 aromatic rings. The van der Waals surface area contributed by atoms with Crippen LogP contribution in [0.2, 0.25) is 5.02 Å². The van der Waals surface area contributed by atoms with Crippen molar-refractivity contribution in [1.82, 2.24) is 10.2 Å². The van der Waals surface area contributed by atoms with Crippen molar-refractivity contribution < 1.29 is 23.9 Å². The quantitative estimate of drug-likeness (QED) is 0.489. The van der Waals surface area contributed by atoms with Crippen molar-refractivity contribution in [2.75, 3.05) is 7.11 Å². The van der Waals surface area contributed by atoms with E-state index >= 15 is 0 Å². The van der Waals surface area contributed by atoms with Gasteiger partial charge in [-0.05, 0) is 54.3 Å². The van der Waals surface area contributed by atoms with E-state index in [1.165, 1.54) is 18.1 Å². The third-order valence-electron chi connectivity index (χ3n) is 5.88. The van der Waals surface area contributed by atoms with Gasteiger partial charge in [0.15, 0.2) is 11.5 Å². The van der Waals surface area contributed by atoms with Gasteiger partial charge in [-0.25, -0.2) is 4.79 Å². The van der Waals surface area contributed by atoms with Gasteiger partial charge in [0.1, 0.15) is 12.2 Å². The summed E-state index contributed by atoms with van der Waals surface area (Å²) in [6.07, 6.45) is 6.01. The molecular formula is C25H25ClN2O5. The van der Waals surface area contributed by atoms with Crippen molar-refractivity contribution in [3.8, 4) is 11.5 Å². The van der Waals surface area contributed by atoms with E-state index in [9.17, 15) is 14.4 Å². The molecule has 2 aromatic carbocycles. The van der Waals surface area contributed by atoms with Gasteiger partial charge in [-0.15, -0.1) is 0 Å². The standard InChI is InChI=1S/C25H25ClN2O5/c1-32-22-14-17(9-12-21(22)33-15-16-7-10-18(26)11-8-16)13-20-23(29)27-25(31)28(24(20)30)19-5-3-2-4-6-19/h7-14,19H,2-6,15H2,1H3,(H,27,29,31)/b20-13-. The molecule has 0 unspecified atom stereocenters. The van der Waals surface area contributed by atoms with E-state index in [0.29, 0.717) is 28.7 Å². The van der Waals surface area contributed by atoms with E-state index in [0.717, 1.165) is 37.7 Å². The number of imide groups is 2. The van der Waals surface area contributed by atoms with Crippen LogP contribution in [0.5, 0.6) is 11.5 Å². The molecule has 1 aliphatic carbocycles. The molecule has 7 nitrogen and oxygen atoms in total. The number of hydrogen-bond acceptors (Lipinski definition) is 5. The summed E-state index contributed by atoms with van der Waals surface area (Å²) in [5.41, 5.74) is 1.46. The maximum absolute atomic E-state index is 13.1. The largest absolute Gasteiger partial charge is 0.493 e. The van der Waals surface area contributed by atoms with Crippen molar-refractivity contribution in [2.24, 2.45) is 0 Å². The molecule has 4 rings (SSSR count). The van der Waals surface area contributed by atoms with Crippen LogP contribution in [0.1, 0.15) is 43.2 Å². The van der Waals surface area contributed by atoms with Crippen LogP contribution in [0.4, 0.5) is 4.79 Å². The summed E-state index contributed by atoms with van der Waals surface area (Å²) in [4.78, 5) is 39.1. The monoisotopic (exact) mass is 468 g/mol. The molecule has 8 heteroatoms. The van der Waals surface area contributed by atoms with Gasteiger partial charge < -0.3 is 9.47 Å². The van der Waals surface area contributed by atoms with Crippen LogP contribution >= 0.6 is 11.6 Å². The van der Waals surface area contributed by atoms with Crippen molar-refractivity contribution in [1.29, 1.82) is 0 Å². The normalized spacial score (nSPS) is 18.4. The van der Waals surface area contributed by atoms with Crippen molar-refractivity contribution >= 4 is 35.5 Å². The van der Waals surface area contributed by atoms with E-state index in [-0.39, 0.29) is 11.6 Å². The van der Waals surface area contributed by atoms with Gasteiger partial charge >= 0.3 is 6.03 Å². The maximum Gasteiger partial charge on any atom is 0.331 e. The van der Waals surface area contributed by atoms with Gasteiger partial charge in [-0.3, -0.25) is 19.8 Å². The van der Waals surface area contributed by atoms with E-state index < -0.39 is 17.8 Å². The van der Waals surface area contributed by atoms with Gasteiger partial charge in [0.2, 0.25) is 0 Å². The molecule has 2 aliphatic rings. The lowest BCUT2D eigenvalue weighted by atomic mass is 9.93. The summed E-state index contributed by atoms with van der Waals surface area (Å²) in [5.74, 6) is -0.271. The second kappa shape index (κ2) is 10.1. The summed E-state index contributed by atoms with van der Waals surface area (Å²) in [6, 6.07) is 11.6. The predicted molar refractivity (Wildman–Crippen MR) is 124 cm³/mol. The highest BCUT2D eigenvalue weighted by Crippen LogP contribution is 2.31. The Morgan fingerprint density at radius 2 is 1.76 bits per heavy atom. The zero-order chi connectivity index (χ0) is 23.4. The Kier molecular flexibility index (Phi) is 6.99. The molecule has 2 fully saturated rings. The summed E-state index contributed by atoms with van der Waals surface area (Å²) < 4.78 is 11.3. The third kappa shape index (κ3) is 5.20. The molecule has 0 atom stereocenters. The molecule has 0 radical (unpaired) electrons. The zero-order valence-corrected chi connectivity index (χ0v) is 19.1. The van der Waals surface area contributed by atoms with Crippen LogP contribution in [-0.2, 0) is 16.2 Å². The Balaban J connectivity index is 1.54. The molecule has 1 saturated heterocycles. The van der Waals surface area contributed by atoms with E-state index in [1.54, 1.807) is 30.3 Å². The number of methoxy groups -OCH3 is 1. The number of carbonyl (C=O) groups excluding carboxylic acids is 3. The highest BCUT2D eigenvalue weighted by atomic mass is 35.5. The minimum atomic E-state index is -0.695. The fraction of sp³-hybridized carbons (Fsp3) is 0.320. The number of hydrogen-bond donors (Lipinski definition) is 1. The number of halogens is 1. The number of nitrogens with one attached hydrogen (secondary N) is 1. The number of rotatable bonds is 6. The van der Waals surface area contributed by atoms with Crippen molar-refractivity contribution in [3.63, 3.8) is 0 Å². The van der Waals surface area contributed by atoms with Crippen molar-refractivity contribution in [2.45, 2.75) is 44.8 Å². The van der Waals surface area contributed by atoms with Crippen LogP contribution < -0.4 is 14.8 Å². The summed E-state index contributed by atoms with van der Waals surface area (Å²) >= 11 is 5.92. The smallest absolute Gasteiger partial charge is 0.331 e. The van der Waals surface area contributed by atoms with Crippen LogP contribution in [-0.4, -0.2) is 35.9 Å². The van der Waals surface area contributed by atoms with E-state index in [1.807, 2.05) is 12.1 Å². The molecule has 1 saturated carbocycles. The Labute approximate surface area is 197 Å². The predicted octanol–water partition coefficient (Wildman–Crippen LogP) is 4.72. The van der Waals surface area contributed by atoms with Crippen molar-refractivity contribution in [3.05, 3.63) is 64.2 Å². The van der Waals surface area contributed by atoms with Gasteiger partial charge in [-0.1, -0.05) is 49.1 Å². The van der Waals surface area contributed by atoms with Crippen LogP contribution in [0.15, 0.2) is 48.0 Å². The molecule has 1 aliphatic heterocycles. The van der Waals surface area contributed by atoms with Crippen LogP contribution in [0, 0.1) is 0 Å². The molecule has 172 valence electrons. The molecule has 0 spiro atoms. The number of barbiturate groups is 1. The first-order valence-corrected chi connectivity index (χ1v) is 11.3. The first-order chi connectivity index (χ1) is 16.0. The number of urea groups is 1.